The summed E-state index contributed by atoms with van der Waals surface area (Å²) in [5.41, 5.74) is 0. The van der Waals surface area contributed by atoms with Crippen LogP contribution < -0.4 is 5.32 Å². The molecule has 1 fully saturated rings. The molecule has 0 aliphatic heterocycles. The van der Waals surface area contributed by atoms with E-state index in [0.29, 0.717) is 12.3 Å². The zero-order valence-electron chi connectivity index (χ0n) is 11.5. The molecule has 2 rings (SSSR count). The first kappa shape index (κ1) is 15.1. The van der Waals surface area contributed by atoms with Crippen LogP contribution in [0.25, 0.3) is 0 Å². The minimum absolute atomic E-state index is 0.0303. The molecule has 1 heterocycles. The Bertz CT molecular complexity index is 535. The molecule has 20 heavy (non-hydrogen) atoms. The Kier molecular flexibility index (Phi) is 4.82. The predicted molar refractivity (Wildman–Crippen MR) is 74.3 cm³/mol. The van der Waals surface area contributed by atoms with Gasteiger partial charge < -0.3 is 9.73 Å². The molecule has 0 spiro atoms. The summed E-state index contributed by atoms with van der Waals surface area (Å²) in [7, 11) is -3.33. The highest BCUT2D eigenvalue weighted by molar-refractivity contribution is 7.88. The van der Waals surface area contributed by atoms with E-state index >= 15 is 0 Å². The maximum Gasteiger partial charge on any atom is 0.223 e. The van der Waals surface area contributed by atoms with E-state index in [9.17, 15) is 13.2 Å². The zero-order valence-corrected chi connectivity index (χ0v) is 12.4. The Morgan fingerprint density at radius 1 is 1.50 bits per heavy atom. The number of hydrogen-bond acceptors (Lipinski definition) is 4. The Balaban J connectivity index is 1.83. The van der Waals surface area contributed by atoms with E-state index in [1.54, 1.807) is 12.1 Å². The molecule has 112 valence electrons. The maximum atomic E-state index is 11.7. The number of sulfonamides is 1. The topological polar surface area (TPSA) is 79.6 Å². The molecule has 7 heteroatoms. The first-order chi connectivity index (χ1) is 9.47. The SMILES string of the molecule is CS(=O)(=O)N(CCNC(=O)C1CCC1)Cc1ccco1. The summed E-state index contributed by atoms with van der Waals surface area (Å²) in [6.07, 6.45) is 5.64. The quantitative estimate of drug-likeness (QED) is 0.813. The molecule has 0 unspecified atom stereocenters. The van der Waals surface area contributed by atoms with Gasteiger partial charge in [0.1, 0.15) is 5.76 Å². The van der Waals surface area contributed by atoms with Crippen LogP contribution in [0.15, 0.2) is 22.8 Å². The van der Waals surface area contributed by atoms with Crippen molar-refractivity contribution in [2.45, 2.75) is 25.8 Å². The summed E-state index contributed by atoms with van der Waals surface area (Å²) in [6.45, 7) is 0.756. The Labute approximate surface area is 119 Å². The second-order valence-corrected chi connectivity index (χ2v) is 7.08. The van der Waals surface area contributed by atoms with Crippen LogP contribution in [0, 0.1) is 5.92 Å². The van der Waals surface area contributed by atoms with Crippen molar-refractivity contribution < 1.29 is 17.6 Å². The monoisotopic (exact) mass is 300 g/mol. The van der Waals surface area contributed by atoms with Crippen LogP contribution >= 0.6 is 0 Å². The van der Waals surface area contributed by atoms with E-state index in [2.05, 4.69) is 5.32 Å². The molecular weight excluding hydrogens is 280 g/mol. The molecule has 6 nitrogen and oxygen atoms in total. The van der Waals surface area contributed by atoms with Crippen molar-refractivity contribution in [1.82, 2.24) is 9.62 Å². The van der Waals surface area contributed by atoms with E-state index in [4.69, 9.17) is 4.42 Å². The molecule has 0 radical (unpaired) electrons. The highest BCUT2D eigenvalue weighted by Crippen LogP contribution is 2.26. The minimum Gasteiger partial charge on any atom is -0.468 e. The first-order valence-electron chi connectivity index (χ1n) is 6.72. The van der Waals surface area contributed by atoms with Gasteiger partial charge in [-0.3, -0.25) is 4.79 Å². The Morgan fingerprint density at radius 3 is 2.75 bits per heavy atom. The van der Waals surface area contributed by atoms with Crippen molar-refractivity contribution >= 4 is 15.9 Å². The van der Waals surface area contributed by atoms with Gasteiger partial charge in [0.05, 0.1) is 19.1 Å². The van der Waals surface area contributed by atoms with E-state index < -0.39 is 10.0 Å². The largest absolute Gasteiger partial charge is 0.468 e. The number of nitrogens with zero attached hydrogens (tertiary/aromatic N) is 1. The molecule has 0 aromatic carbocycles. The summed E-state index contributed by atoms with van der Waals surface area (Å²) in [5.74, 6) is 0.732. The number of nitrogens with one attached hydrogen (secondary N) is 1. The van der Waals surface area contributed by atoms with E-state index in [-0.39, 0.29) is 24.9 Å². The van der Waals surface area contributed by atoms with Crippen LogP contribution in [0.2, 0.25) is 0 Å². The third-order valence-electron chi connectivity index (χ3n) is 3.52. The average molecular weight is 300 g/mol. The van der Waals surface area contributed by atoms with Crippen molar-refractivity contribution in [2.75, 3.05) is 19.3 Å². The summed E-state index contributed by atoms with van der Waals surface area (Å²) >= 11 is 0. The molecule has 1 aliphatic carbocycles. The first-order valence-corrected chi connectivity index (χ1v) is 8.57. The predicted octanol–water partition coefficient (Wildman–Crippen LogP) is 0.957. The van der Waals surface area contributed by atoms with Crippen LogP contribution in [0.5, 0.6) is 0 Å². The molecule has 0 saturated heterocycles. The van der Waals surface area contributed by atoms with Gasteiger partial charge >= 0.3 is 0 Å². The fourth-order valence-corrected chi connectivity index (χ4v) is 2.84. The highest BCUT2D eigenvalue weighted by atomic mass is 32.2. The molecule has 1 N–H and O–H groups in total. The number of carbonyl (C=O) groups is 1. The van der Waals surface area contributed by atoms with Crippen LogP contribution in [-0.4, -0.2) is 38.0 Å². The lowest BCUT2D eigenvalue weighted by Crippen LogP contribution is -2.40. The zero-order chi connectivity index (χ0) is 14.6. The summed E-state index contributed by atoms with van der Waals surface area (Å²) in [5, 5.41) is 2.79. The molecule has 1 amide bonds. The Morgan fingerprint density at radius 2 is 2.25 bits per heavy atom. The van der Waals surface area contributed by atoms with Crippen LogP contribution in [0.4, 0.5) is 0 Å². The number of hydrogen-bond donors (Lipinski definition) is 1. The third-order valence-corrected chi connectivity index (χ3v) is 4.77. The van der Waals surface area contributed by atoms with Crippen molar-refractivity contribution in [3.63, 3.8) is 0 Å². The van der Waals surface area contributed by atoms with Crippen molar-refractivity contribution in [1.29, 1.82) is 0 Å². The normalized spacial score (nSPS) is 16.1. The highest BCUT2D eigenvalue weighted by Gasteiger charge is 2.25. The van der Waals surface area contributed by atoms with Crippen molar-refractivity contribution in [2.24, 2.45) is 5.92 Å². The molecule has 0 bridgehead atoms. The van der Waals surface area contributed by atoms with Gasteiger partial charge in [-0.2, -0.15) is 4.31 Å². The minimum atomic E-state index is -3.33. The number of furan rings is 1. The summed E-state index contributed by atoms with van der Waals surface area (Å²) in [4.78, 5) is 11.7. The number of amides is 1. The number of carbonyl (C=O) groups excluding carboxylic acids is 1. The van der Waals surface area contributed by atoms with E-state index in [1.807, 2.05) is 0 Å². The van der Waals surface area contributed by atoms with Crippen LogP contribution in [0.1, 0.15) is 25.0 Å². The molecular formula is C13H20N2O4S. The fourth-order valence-electron chi connectivity index (χ4n) is 2.06. The van der Waals surface area contributed by atoms with Gasteiger partial charge in [0.15, 0.2) is 0 Å². The lowest BCUT2D eigenvalue weighted by molar-refractivity contribution is -0.127. The van der Waals surface area contributed by atoms with Gasteiger partial charge in [0, 0.05) is 19.0 Å². The van der Waals surface area contributed by atoms with E-state index in [1.165, 1.54) is 10.6 Å². The van der Waals surface area contributed by atoms with Gasteiger partial charge in [0.25, 0.3) is 0 Å². The van der Waals surface area contributed by atoms with Gasteiger partial charge in [-0.05, 0) is 25.0 Å². The number of rotatable bonds is 7. The second kappa shape index (κ2) is 6.41. The fraction of sp³-hybridized carbons (Fsp3) is 0.615. The summed E-state index contributed by atoms with van der Waals surface area (Å²) < 4.78 is 29.9. The second-order valence-electron chi connectivity index (χ2n) is 5.09. The Hall–Kier alpha value is -1.34. The van der Waals surface area contributed by atoms with Gasteiger partial charge in [-0.1, -0.05) is 6.42 Å². The smallest absolute Gasteiger partial charge is 0.223 e. The van der Waals surface area contributed by atoms with E-state index in [0.717, 1.165) is 25.5 Å². The molecule has 1 aromatic rings. The molecule has 0 atom stereocenters. The average Bonchev–Trinajstić information content (AvgIpc) is 2.76. The van der Waals surface area contributed by atoms with Gasteiger partial charge in [-0.25, -0.2) is 8.42 Å². The lowest BCUT2D eigenvalue weighted by atomic mass is 9.85. The van der Waals surface area contributed by atoms with Crippen LogP contribution in [-0.2, 0) is 21.4 Å². The van der Waals surface area contributed by atoms with Gasteiger partial charge in [0.2, 0.25) is 15.9 Å². The summed E-state index contributed by atoms with van der Waals surface area (Å²) in [6, 6.07) is 3.44. The van der Waals surface area contributed by atoms with Gasteiger partial charge in [-0.15, -0.1) is 0 Å². The lowest BCUT2D eigenvalue weighted by Gasteiger charge is -2.25. The van der Waals surface area contributed by atoms with Crippen LogP contribution in [0.3, 0.4) is 0 Å². The third kappa shape index (κ3) is 4.08. The standard InChI is InChI=1S/C13H20N2O4S/c1-20(17,18)15(10-12-6-3-9-19-12)8-7-14-13(16)11-4-2-5-11/h3,6,9,11H,2,4-5,7-8,10H2,1H3,(H,14,16). The molecule has 1 aromatic heterocycles. The van der Waals surface area contributed by atoms with Crippen molar-refractivity contribution in [3.8, 4) is 0 Å². The molecule has 1 saturated carbocycles. The van der Waals surface area contributed by atoms with Crippen molar-refractivity contribution in [3.05, 3.63) is 24.2 Å². The molecule has 1 aliphatic rings. The maximum absolute atomic E-state index is 11.7.